The molecule has 6 nitrogen and oxygen atoms in total. The van der Waals surface area contributed by atoms with Crippen LogP contribution in [0.15, 0.2) is 29.8 Å². The lowest BCUT2D eigenvalue weighted by molar-refractivity contribution is 0.936. The van der Waals surface area contributed by atoms with E-state index in [2.05, 4.69) is 25.1 Å². The Labute approximate surface area is 113 Å². The lowest BCUT2D eigenvalue weighted by Crippen LogP contribution is -1.94. The van der Waals surface area contributed by atoms with Crippen LogP contribution < -0.4 is 5.73 Å². The maximum Gasteiger partial charge on any atom is 0.180 e. The molecule has 0 unspecified atom stereocenters. The highest BCUT2D eigenvalue weighted by atomic mass is 32.1. The zero-order chi connectivity index (χ0) is 13.1. The predicted octanol–water partition coefficient (Wildman–Crippen LogP) is 1.42. The summed E-state index contributed by atoms with van der Waals surface area (Å²) < 4.78 is 0. The highest BCUT2D eigenvalue weighted by Gasteiger charge is 2.07. The van der Waals surface area contributed by atoms with E-state index in [4.69, 9.17) is 5.73 Å². The molecule has 19 heavy (non-hydrogen) atoms. The average molecular weight is 272 g/mol. The summed E-state index contributed by atoms with van der Waals surface area (Å²) in [5.41, 5.74) is 7.45. The first kappa shape index (κ1) is 11.8. The predicted molar refractivity (Wildman–Crippen MR) is 72.8 cm³/mol. The normalized spacial score (nSPS) is 10.7. The van der Waals surface area contributed by atoms with Crippen molar-refractivity contribution >= 4 is 16.5 Å². The third kappa shape index (κ3) is 2.94. The van der Waals surface area contributed by atoms with Crippen molar-refractivity contribution in [2.24, 2.45) is 0 Å². The van der Waals surface area contributed by atoms with Gasteiger partial charge in [0, 0.05) is 17.3 Å². The van der Waals surface area contributed by atoms with Crippen molar-refractivity contribution in [2.45, 2.75) is 12.8 Å². The van der Waals surface area contributed by atoms with E-state index in [9.17, 15) is 0 Å². The summed E-state index contributed by atoms with van der Waals surface area (Å²) in [6, 6.07) is 5.80. The molecule has 0 aliphatic carbocycles. The second kappa shape index (κ2) is 5.15. The van der Waals surface area contributed by atoms with Crippen molar-refractivity contribution in [3.8, 4) is 0 Å². The largest absolute Gasteiger partial charge is 0.375 e. The third-order valence-corrected chi connectivity index (χ3v) is 3.28. The minimum Gasteiger partial charge on any atom is -0.375 e. The molecule has 3 heterocycles. The van der Waals surface area contributed by atoms with Gasteiger partial charge in [-0.2, -0.15) is 5.10 Å². The maximum absolute atomic E-state index is 5.59. The fourth-order valence-corrected chi connectivity index (χ4v) is 2.30. The van der Waals surface area contributed by atoms with Gasteiger partial charge >= 0.3 is 0 Å². The van der Waals surface area contributed by atoms with E-state index in [-0.39, 0.29) is 0 Å². The van der Waals surface area contributed by atoms with Crippen LogP contribution >= 0.6 is 11.3 Å². The number of nitrogens with two attached hydrogens (primary N) is 1. The molecule has 96 valence electrons. The molecule has 0 saturated carbocycles. The highest BCUT2D eigenvalue weighted by Crippen LogP contribution is 2.13. The summed E-state index contributed by atoms with van der Waals surface area (Å²) in [7, 11) is 0. The van der Waals surface area contributed by atoms with Crippen LogP contribution in [0.5, 0.6) is 0 Å². The second-order valence-electron chi connectivity index (χ2n) is 4.05. The Morgan fingerprint density at radius 2 is 2.11 bits per heavy atom. The van der Waals surface area contributed by atoms with E-state index in [1.807, 2.05) is 23.6 Å². The molecule has 0 bridgehead atoms. The fourth-order valence-electron chi connectivity index (χ4n) is 1.73. The molecule has 0 radical (unpaired) electrons. The van der Waals surface area contributed by atoms with E-state index in [0.717, 1.165) is 23.0 Å². The van der Waals surface area contributed by atoms with Gasteiger partial charge in [-0.3, -0.25) is 10.1 Å². The number of aromatic nitrogens is 5. The second-order valence-corrected chi connectivity index (χ2v) is 4.94. The van der Waals surface area contributed by atoms with Crippen molar-refractivity contribution in [3.05, 3.63) is 52.8 Å². The van der Waals surface area contributed by atoms with E-state index in [1.54, 1.807) is 6.20 Å². The minimum absolute atomic E-state index is 0.572. The zero-order valence-electron chi connectivity index (χ0n) is 10.1. The van der Waals surface area contributed by atoms with Gasteiger partial charge in [0.05, 0.1) is 18.5 Å². The smallest absolute Gasteiger partial charge is 0.180 e. The lowest BCUT2D eigenvalue weighted by Gasteiger charge is -1.94. The van der Waals surface area contributed by atoms with Gasteiger partial charge in [0.15, 0.2) is 11.0 Å². The van der Waals surface area contributed by atoms with E-state index >= 15 is 0 Å². The van der Waals surface area contributed by atoms with E-state index in [0.29, 0.717) is 18.0 Å². The Kier molecular flexibility index (Phi) is 3.20. The number of H-pyrrole nitrogens is 1. The van der Waals surface area contributed by atoms with Gasteiger partial charge in [-0.15, -0.1) is 11.3 Å². The number of pyridine rings is 1. The first-order valence-electron chi connectivity index (χ1n) is 5.79. The van der Waals surface area contributed by atoms with Crippen LogP contribution in [-0.2, 0) is 12.8 Å². The molecule has 3 rings (SSSR count). The molecule has 3 aromatic heterocycles. The van der Waals surface area contributed by atoms with Crippen LogP contribution in [0, 0.1) is 0 Å². The first-order chi connectivity index (χ1) is 9.29. The molecule has 0 saturated heterocycles. The van der Waals surface area contributed by atoms with Gasteiger partial charge in [0.1, 0.15) is 5.82 Å². The maximum atomic E-state index is 5.59. The van der Waals surface area contributed by atoms with Gasteiger partial charge in [0.25, 0.3) is 0 Å². The van der Waals surface area contributed by atoms with E-state index in [1.165, 1.54) is 11.3 Å². The molecule has 0 amide bonds. The van der Waals surface area contributed by atoms with Crippen molar-refractivity contribution in [3.63, 3.8) is 0 Å². The highest BCUT2D eigenvalue weighted by molar-refractivity contribution is 7.13. The van der Waals surface area contributed by atoms with Crippen LogP contribution in [0.25, 0.3) is 0 Å². The number of nitrogens with one attached hydrogen (secondary N) is 1. The number of rotatable bonds is 4. The minimum atomic E-state index is 0.572. The third-order valence-electron chi connectivity index (χ3n) is 2.56. The molecule has 3 N–H and O–H groups in total. The monoisotopic (exact) mass is 272 g/mol. The van der Waals surface area contributed by atoms with Gasteiger partial charge in [0.2, 0.25) is 0 Å². The molecule has 7 heteroatoms. The van der Waals surface area contributed by atoms with Crippen molar-refractivity contribution in [1.29, 1.82) is 0 Å². The molecule has 0 fully saturated rings. The number of aromatic amines is 1. The summed E-state index contributed by atoms with van der Waals surface area (Å²) in [6.45, 7) is 0. The number of hydrogen-bond donors (Lipinski definition) is 2. The Balaban J connectivity index is 1.69. The Hall–Kier alpha value is -2.28. The molecular weight excluding hydrogens is 260 g/mol. The summed E-state index contributed by atoms with van der Waals surface area (Å²) in [5.74, 6) is 1.52. The molecule has 0 spiro atoms. The van der Waals surface area contributed by atoms with Gasteiger partial charge in [-0.25, -0.2) is 9.97 Å². The summed E-state index contributed by atoms with van der Waals surface area (Å²) in [4.78, 5) is 12.9. The fraction of sp³-hybridized carbons (Fsp3) is 0.167. The van der Waals surface area contributed by atoms with Crippen molar-refractivity contribution in [2.75, 3.05) is 5.73 Å². The molecule has 0 aromatic carbocycles. The summed E-state index contributed by atoms with van der Waals surface area (Å²) >= 11 is 1.43. The van der Waals surface area contributed by atoms with E-state index < -0.39 is 0 Å². The lowest BCUT2D eigenvalue weighted by atomic mass is 10.2. The van der Waals surface area contributed by atoms with Crippen LogP contribution in [-0.4, -0.2) is 25.1 Å². The first-order valence-corrected chi connectivity index (χ1v) is 6.67. The Bertz CT molecular complexity index is 660. The van der Waals surface area contributed by atoms with Crippen LogP contribution in [0.3, 0.4) is 0 Å². The number of thiazole rings is 1. The number of nitrogen functional groups attached to an aromatic ring is 1. The number of nitrogens with zero attached hydrogens (tertiary/aromatic N) is 4. The molecule has 0 atom stereocenters. The van der Waals surface area contributed by atoms with Crippen LogP contribution in [0.1, 0.15) is 23.0 Å². The van der Waals surface area contributed by atoms with Gasteiger partial charge in [-0.05, 0) is 12.1 Å². The number of hydrogen-bond acceptors (Lipinski definition) is 6. The van der Waals surface area contributed by atoms with Crippen LogP contribution in [0.4, 0.5) is 5.13 Å². The SMILES string of the molecule is Nc1nc(Cc2nc(Cc3ccccn3)n[nH]2)cs1. The Morgan fingerprint density at radius 3 is 2.84 bits per heavy atom. The standard InChI is InChI=1S/C12H12N6S/c13-12-15-9(7-19-12)6-11-16-10(17-18-11)5-8-3-1-2-4-14-8/h1-4,7H,5-6H2,(H2,13,15)(H,16,17,18). The molecule has 0 aliphatic heterocycles. The quantitative estimate of drug-likeness (QED) is 0.749. The van der Waals surface area contributed by atoms with Crippen LogP contribution in [0.2, 0.25) is 0 Å². The topological polar surface area (TPSA) is 93.4 Å². The summed E-state index contributed by atoms with van der Waals surface area (Å²) in [6.07, 6.45) is 3.00. The number of anilines is 1. The summed E-state index contributed by atoms with van der Waals surface area (Å²) in [5, 5.41) is 9.60. The van der Waals surface area contributed by atoms with Crippen molar-refractivity contribution < 1.29 is 0 Å². The molecule has 3 aromatic rings. The van der Waals surface area contributed by atoms with Gasteiger partial charge in [-0.1, -0.05) is 6.07 Å². The van der Waals surface area contributed by atoms with Crippen molar-refractivity contribution in [1.82, 2.24) is 25.1 Å². The average Bonchev–Trinajstić information content (AvgIpc) is 3.01. The Morgan fingerprint density at radius 1 is 1.16 bits per heavy atom. The van der Waals surface area contributed by atoms with Gasteiger partial charge < -0.3 is 5.73 Å². The molecular formula is C12H12N6S. The molecule has 0 aliphatic rings. The zero-order valence-corrected chi connectivity index (χ0v) is 10.9.